The van der Waals surface area contributed by atoms with Crippen LogP contribution in [0, 0.1) is 5.92 Å². The normalized spacial score (nSPS) is 18.0. The van der Waals surface area contributed by atoms with E-state index >= 15 is 0 Å². The van der Waals surface area contributed by atoms with Gasteiger partial charge in [0.25, 0.3) is 15.9 Å². The van der Waals surface area contributed by atoms with Crippen LogP contribution in [0.2, 0.25) is 0 Å². The summed E-state index contributed by atoms with van der Waals surface area (Å²) in [6, 6.07) is 26.4. The maximum Gasteiger partial charge on any atom is 0.271 e. The number of rotatable bonds is 10. The average molecular weight is 620 g/mol. The number of para-hydroxylation sites is 1. The molecule has 43 heavy (non-hydrogen) atoms. The van der Waals surface area contributed by atoms with Crippen molar-refractivity contribution in [3.05, 3.63) is 101 Å². The Morgan fingerprint density at radius 2 is 1.74 bits per heavy atom. The Morgan fingerprint density at radius 1 is 1.02 bits per heavy atom. The molecule has 0 aliphatic carbocycles. The summed E-state index contributed by atoms with van der Waals surface area (Å²) in [4.78, 5) is 17.5. The van der Waals surface area contributed by atoms with Gasteiger partial charge in [-0.25, -0.2) is 8.42 Å². The van der Waals surface area contributed by atoms with Gasteiger partial charge < -0.3 is 14.7 Å². The lowest BCUT2D eigenvalue weighted by atomic mass is 9.98. The second-order valence-corrected chi connectivity index (χ2v) is 14.0. The van der Waals surface area contributed by atoms with Crippen molar-refractivity contribution < 1.29 is 23.1 Å². The van der Waals surface area contributed by atoms with Crippen LogP contribution in [0.3, 0.4) is 0 Å². The third-order valence-electron chi connectivity index (χ3n) is 7.70. The molecule has 0 bridgehead atoms. The van der Waals surface area contributed by atoms with Gasteiger partial charge in [-0.05, 0) is 54.2 Å². The van der Waals surface area contributed by atoms with E-state index in [1.54, 1.807) is 41.5 Å². The number of sulfonamides is 1. The predicted octanol–water partition coefficient (Wildman–Crippen LogP) is 5.57. The van der Waals surface area contributed by atoms with E-state index in [4.69, 9.17) is 4.74 Å². The van der Waals surface area contributed by atoms with Gasteiger partial charge in [-0.2, -0.15) is 0 Å². The molecule has 4 aromatic rings. The number of nitrogens with zero attached hydrogens (tertiary/aromatic N) is 2. The number of ether oxygens (including phenoxy) is 1. The summed E-state index contributed by atoms with van der Waals surface area (Å²) < 4.78 is 35.7. The molecule has 3 aromatic carbocycles. The molecule has 2 heterocycles. The zero-order chi connectivity index (χ0) is 30.6. The molecule has 0 fully saturated rings. The first-order valence-electron chi connectivity index (χ1n) is 14.3. The smallest absolute Gasteiger partial charge is 0.271 e. The Kier molecular flexibility index (Phi) is 9.51. The molecule has 5 rings (SSSR count). The number of aliphatic hydroxyl groups is 1. The molecule has 2 N–H and O–H groups in total. The maximum absolute atomic E-state index is 13.7. The largest absolute Gasteiger partial charge is 0.486 e. The molecule has 3 atom stereocenters. The second kappa shape index (κ2) is 13.3. The van der Waals surface area contributed by atoms with Gasteiger partial charge in [0.15, 0.2) is 5.75 Å². The second-order valence-electron chi connectivity index (χ2n) is 11.1. The Balaban J connectivity index is 1.41. The quantitative estimate of drug-likeness (QED) is 0.241. The molecule has 1 amide bonds. The molecule has 226 valence electrons. The lowest BCUT2D eigenvalue weighted by Gasteiger charge is -2.38. The number of nitrogens with one attached hydrogen (secondary N) is 1. The Labute approximate surface area is 257 Å². The van der Waals surface area contributed by atoms with Crippen LogP contribution in [0.15, 0.2) is 94.5 Å². The van der Waals surface area contributed by atoms with Gasteiger partial charge in [0.1, 0.15) is 10.3 Å². The Bertz CT molecular complexity index is 1630. The number of benzene rings is 3. The number of thiophene rings is 1. The van der Waals surface area contributed by atoms with Crippen LogP contribution < -0.4 is 9.46 Å². The summed E-state index contributed by atoms with van der Waals surface area (Å²) in [6.45, 7) is 5.22. The number of amides is 1. The van der Waals surface area contributed by atoms with Gasteiger partial charge in [-0.1, -0.05) is 73.7 Å². The molecular weight excluding hydrogens is 583 g/mol. The van der Waals surface area contributed by atoms with Crippen molar-refractivity contribution in [2.45, 2.75) is 36.7 Å². The number of hydrogen-bond donors (Lipinski definition) is 2. The molecule has 0 unspecified atom stereocenters. The van der Waals surface area contributed by atoms with Gasteiger partial charge in [-0.3, -0.25) is 14.4 Å². The summed E-state index contributed by atoms with van der Waals surface area (Å²) in [5, 5.41) is 11.7. The summed E-state index contributed by atoms with van der Waals surface area (Å²) >= 11 is 1.11. The first kappa shape index (κ1) is 30.7. The summed E-state index contributed by atoms with van der Waals surface area (Å²) in [5.41, 5.74) is 3.92. The molecule has 0 saturated carbocycles. The van der Waals surface area contributed by atoms with Crippen LogP contribution in [-0.4, -0.2) is 68.1 Å². The number of aliphatic hydroxyl groups excluding tert-OH is 1. The third kappa shape index (κ3) is 7.10. The first-order valence-corrected chi connectivity index (χ1v) is 16.6. The van der Waals surface area contributed by atoms with E-state index in [-0.39, 0.29) is 45.7 Å². The number of hydrogen-bond acceptors (Lipinski definition) is 7. The lowest BCUT2D eigenvalue weighted by molar-refractivity contribution is 0.0344. The molecule has 1 aliphatic heterocycles. The SMILES string of the molecule is C[C@@H]1CN([C@@H](C)CO)C(=O)c2cccc(NS(=O)(=O)c3cccs3)c2O[C@@H]1CN(C)Cc1ccc(-c2ccccc2)cc1. The van der Waals surface area contributed by atoms with E-state index in [0.717, 1.165) is 22.5 Å². The minimum absolute atomic E-state index is 0.115. The minimum atomic E-state index is -3.88. The van der Waals surface area contributed by atoms with Crippen LogP contribution in [0.1, 0.15) is 29.8 Å². The minimum Gasteiger partial charge on any atom is -0.486 e. The molecule has 0 saturated heterocycles. The number of carbonyl (C=O) groups is 1. The summed E-state index contributed by atoms with van der Waals surface area (Å²) in [6.07, 6.45) is -0.374. The van der Waals surface area contributed by atoms with Crippen LogP contribution in [0.25, 0.3) is 11.1 Å². The lowest BCUT2D eigenvalue weighted by Crippen LogP contribution is -2.49. The van der Waals surface area contributed by atoms with Gasteiger partial charge in [0.05, 0.1) is 23.9 Å². The Morgan fingerprint density at radius 3 is 2.42 bits per heavy atom. The van der Waals surface area contributed by atoms with E-state index in [0.29, 0.717) is 19.6 Å². The van der Waals surface area contributed by atoms with Crippen LogP contribution in [-0.2, 0) is 16.6 Å². The fraction of sp³-hybridized carbons (Fsp3) is 0.303. The van der Waals surface area contributed by atoms with Crippen molar-refractivity contribution in [2.75, 3.05) is 31.5 Å². The monoisotopic (exact) mass is 619 g/mol. The van der Waals surface area contributed by atoms with E-state index in [1.807, 2.05) is 32.2 Å². The van der Waals surface area contributed by atoms with E-state index < -0.39 is 16.1 Å². The van der Waals surface area contributed by atoms with E-state index in [2.05, 4.69) is 46.0 Å². The van der Waals surface area contributed by atoms with Crippen molar-refractivity contribution in [3.8, 4) is 16.9 Å². The average Bonchev–Trinajstić information content (AvgIpc) is 3.56. The fourth-order valence-electron chi connectivity index (χ4n) is 5.27. The van der Waals surface area contributed by atoms with Crippen molar-refractivity contribution in [2.24, 2.45) is 5.92 Å². The number of fused-ring (bicyclic) bond motifs is 1. The summed E-state index contributed by atoms with van der Waals surface area (Å²) in [7, 11) is -1.86. The predicted molar refractivity (Wildman–Crippen MR) is 171 cm³/mol. The highest BCUT2D eigenvalue weighted by Gasteiger charge is 2.35. The fourth-order valence-corrected chi connectivity index (χ4v) is 7.33. The number of carbonyl (C=O) groups excluding carboxylic acids is 1. The third-order valence-corrected chi connectivity index (χ3v) is 10.5. The standard InChI is InChI=1S/C33H37N3O5S2/c1-23-19-36(24(2)22-37)33(38)28-11-7-12-29(34-43(39,40)31-13-8-18-42-31)32(28)41-30(23)21-35(3)20-25-14-16-27(17-15-25)26-9-5-4-6-10-26/h4-18,23-24,30,34,37H,19-22H2,1-3H3/t23-,24+,30-/m1/s1. The molecular formula is C33H37N3O5S2. The van der Waals surface area contributed by atoms with Crippen LogP contribution >= 0.6 is 11.3 Å². The zero-order valence-corrected chi connectivity index (χ0v) is 26.1. The first-order chi connectivity index (χ1) is 20.7. The number of likely N-dealkylation sites (N-methyl/N-ethyl adjacent to an activating group) is 1. The Hall–Kier alpha value is -3.70. The highest BCUT2D eigenvalue weighted by Crippen LogP contribution is 2.36. The van der Waals surface area contributed by atoms with Gasteiger partial charge in [-0.15, -0.1) is 11.3 Å². The topological polar surface area (TPSA) is 99.2 Å². The molecule has 10 heteroatoms. The molecule has 0 spiro atoms. The molecule has 8 nitrogen and oxygen atoms in total. The van der Waals surface area contributed by atoms with Crippen molar-refractivity contribution >= 4 is 33.0 Å². The van der Waals surface area contributed by atoms with Crippen LogP contribution in [0.5, 0.6) is 5.75 Å². The highest BCUT2D eigenvalue weighted by atomic mass is 32.2. The molecule has 1 aliphatic rings. The van der Waals surface area contributed by atoms with E-state index in [9.17, 15) is 18.3 Å². The summed E-state index contributed by atoms with van der Waals surface area (Å²) in [5.74, 6) is -0.234. The van der Waals surface area contributed by atoms with Crippen molar-refractivity contribution in [1.29, 1.82) is 0 Å². The van der Waals surface area contributed by atoms with Crippen LogP contribution in [0.4, 0.5) is 5.69 Å². The highest BCUT2D eigenvalue weighted by molar-refractivity contribution is 7.94. The van der Waals surface area contributed by atoms with Gasteiger partial charge in [0, 0.05) is 25.6 Å². The van der Waals surface area contributed by atoms with Gasteiger partial charge >= 0.3 is 0 Å². The molecule has 0 radical (unpaired) electrons. The van der Waals surface area contributed by atoms with Gasteiger partial charge in [0.2, 0.25) is 0 Å². The van der Waals surface area contributed by atoms with E-state index in [1.165, 1.54) is 11.6 Å². The van der Waals surface area contributed by atoms with Crippen molar-refractivity contribution in [3.63, 3.8) is 0 Å². The van der Waals surface area contributed by atoms with Crippen molar-refractivity contribution in [1.82, 2.24) is 9.80 Å². The zero-order valence-electron chi connectivity index (χ0n) is 24.5. The number of anilines is 1. The molecule has 1 aromatic heterocycles. The maximum atomic E-state index is 13.7.